The quantitative estimate of drug-likeness (QED) is 0.629. The lowest BCUT2D eigenvalue weighted by Gasteiger charge is -2.28. The highest BCUT2D eigenvalue weighted by atomic mass is 16.4. The van der Waals surface area contributed by atoms with E-state index in [1.54, 1.807) is 0 Å². The second kappa shape index (κ2) is 5.26. The summed E-state index contributed by atoms with van der Waals surface area (Å²) in [6, 6.07) is 10.1. The highest BCUT2D eigenvalue weighted by molar-refractivity contribution is 6.01. The van der Waals surface area contributed by atoms with E-state index in [1.165, 1.54) is 11.8 Å². The van der Waals surface area contributed by atoms with Crippen LogP contribution in [0.1, 0.15) is 16.8 Å². The summed E-state index contributed by atoms with van der Waals surface area (Å²) >= 11 is 0. The van der Waals surface area contributed by atoms with Crippen LogP contribution >= 0.6 is 0 Å². The Morgan fingerprint density at radius 2 is 2.10 bits per heavy atom. The lowest BCUT2D eigenvalue weighted by Crippen LogP contribution is -2.37. The van der Waals surface area contributed by atoms with Crippen molar-refractivity contribution in [3.8, 4) is 0 Å². The molecule has 0 fully saturated rings. The lowest BCUT2D eigenvalue weighted by atomic mass is 10.0. The molecule has 0 aliphatic carbocycles. The Labute approximate surface area is 115 Å². The Morgan fingerprint density at radius 1 is 1.30 bits per heavy atom. The van der Waals surface area contributed by atoms with E-state index in [2.05, 4.69) is 32.2 Å². The van der Waals surface area contributed by atoms with Gasteiger partial charge in [0.15, 0.2) is 0 Å². The highest BCUT2D eigenvalue weighted by Crippen LogP contribution is 2.17. The summed E-state index contributed by atoms with van der Waals surface area (Å²) in [5.41, 5.74) is 2.66. The van der Waals surface area contributed by atoms with Crippen molar-refractivity contribution in [3.05, 3.63) is 63.8 Å². The van der Waals surface area contributed by atoms with Crippen molar-refractivity contribution in [2.75, 3.05) is 6.54 Å². The lowest BCUT2D eigenvalue weighted by molar-refractivity contribution is 0.272. The SMILES string of the molecule is O=c1ncc2c([nH]1)/C(=N\O)CN(Cc1ccccc1)C2. The molecule has 0 saturated heterocycles. The van der Waals surface area contributed by atoms with Crippen LogP contribution in [0.15, 0.2) is 46.5 Å². The molecular formula is C14H14N4O2. The molecule has 6 heteroatoms. The molecule has 6 nitrogen and oxygen atoms in total. The number of nitrogens with zero attached hydrogens (tertiary/aromatic N) is 3. The fourth-order valence-electron chi connectivity index (χ4n) is 2.42. The van der Waals surface area contributed by atoms with E-state index in [1.807, 2.05) is 18.2 Å². The van der Waals surface area contributed by atoms with Crippen LogP contribution < -0.4 is 5.69 Å². The zero-order chi connectivity index (χ0) is 13.9. The molecule has 0 radical (unpaired) electrons. The Balaban J connectivity index is 1.88. The predicted molar refractivity (Wildman–Crippen MR) is 73.7 cm³/mol. The van der Waals surface area contributed by atoms with Crippen molar-refractivity contribution < 1.29 is 5.21 Å². The number of aromatic amines is 1. The summed E-state index contributed by atoms with van der Waals surface area (Å²) in [6.07, 6.45) is 1.54. The van der Waals surface area contributed by atoms with Crippen molar-refractivity contribution in [1.29, 1.82) is 0 Å². The smallest absolute Gasteiger partial charge is 0.345 e. The van der Waals surface area contributed by atoms with Crippen LogP contribution in [-0.4, -0.2) is 32.3 Å². The molecule has 0 bridgehead atoms. The van der Waals surface area contributed by atoms with Crippen LogP contribution in [0.4, 0.5) is 0 Å². The third kappa shape index (κ3) is 2.46. The van der Waals surface area contributed by atoms with Gasteiger partial charge in [-0.25, -0.2) is 9.78 Å². The minimum Gasteiger partial charge on any atom is -0.411 e. The zero-order valence-electron chi connectivity index (χ0n) is 10.8. The van der Waals surface area contributed by atoms with Crippen LogP contribution in [0.5, 0.6) is 0 Å². The average Bonchev–Trinajstić information content (AvgIpc) is 2.48. The molecule has 3 rings (SSSR count). The Hall–Kier alpha value is -2.47. The number of H-pyrrole nitrogens is 1. The van der Waals surface area contributed by atoms with Gasteiger partial charge in [-0.15, -0.1) is 0 Å². The highest BCUT2D eigenvalue weighted by Gasteiger charge is 2.23. The molecule has 1 aliphatic rings. The first-order valence-corrected chi connectivity index (χ1v) is 6.32. The van der Waals surface area contributed by atoms with Crippen molar-refractivity contribution in [2.45, 2.75) is 13.1 Å². The normalized spacial score (nSPS) is 17.1. The van der Waals surface area contributed by atoms with Crippen molar-refractivity contribution in [2.24, 2.45) is 5.16 Å². The molecule has 1 aromatic heterocycles. The molecule has 2 N–H and O–H groups in total. The molecule has 2 heterocycles. The van der Waals surface area contributed by atoms with E-state index in [4.69, 9.17) is 5.21 Å². The summed E-state index contributed by atoms with van der Waals surface area (Å²) in [4.78, 5) is 19.7. The van der Waals surface area contributed by atoms with Gasteiger partial charge in [0.25, 0.3) is 0 Å². The van der Waals surface area contributed by atoms with Gasteiger partial charge in [0, 0.05) is 31.4 Å². The van der Waals surface area contributed by atoms with Gasteiger partial charge in [0.1, 0.15) is 5.71 Å². The van der Waals surface area contributed by atoms with Gasteiger partial charge in [-0.3, -0.25) is 4.90 Å². The number of hydrogen-bond donors (Lipinski definition) is 2. The first-order valence-electron chi connectivity index (χ1n) is 6.32. The number of rotatable bonds is 2. The van der Waals surface area contributed by atoms with Crippen LogP contribution in [-0.2, 0) is 13.1 Å². The van der Waals surface area contributed by atoms with Gasteiger partial charge in [0.05, 0.1) is 5.69 Å². The molecule has 1 aliphatic heterocycles. The molecule has 1 aromatic carbocycles. The van der Waals surface area contributed by atoms with Crippen LogP contribution in [0.25, 0.3) is 0 Å². The molecule has 0 unspecified atom stereocenters. The molecule has 2 aromatic rings. The van der Waals surface area contributed by atoms with Gasteiger partial charge in [-0.05, 0) is 5.56 Å². The summed E-state index contributed by atoms with van der Waals surface area (Å²) in [5.74, 6) is 0. The molecular weight excluding hydrogens is 256 g/mol. The molecule has 0 amide bonds. The van der Waals surface area contributed by atoms with Gasteiger partial charge in [0.2, 0.25) is 0 Å². The second-order valence-corrected chi connectivity index (χ2v) is 4.77. The minimum atomic E-state index is -0.429. The molecule has 0 atom stereocenters. The van der Waals surface area contributed by atoms with E-state index in [0.717, 1.165) is 12.1 Å². The zero-order valence-corrected chi connectivity index (χ0v) is 10.8. The number of hydrogen-bond acceptors (Lipinski definition) is 5. The van der Waals surface area contributed by atoms with Gasteiger partial charge >= 0.3 is 5.69 Å². The van der Waals surface area contributed by atoms with Crippen molar-refractivity contribution >= 4 is 5.71 Å². The Morgan fingerprint density at radius 3 is 2.85 bits per heavy atom. The first kappa shape index (κ1) is 12.6. The Bertz CT molecular complexity index is 694. The first-order chi connectivity index (χ1) is 9.76. The summed E-state index contributed by atoms with van der Waals surface area (Å²) in [5, 5.41) is 12.4. The predicted octanol–water partition coefficient (Wildman–Crippen LogP) is 0.964. The minimum absolute atomic E-state index is 0.429. The van der Waals surface area contributed by atoms with E-state index in [-0.39, 0.29) is 0 Å². The number of nitrogens with one attached hydrogen (secondary N) is 1. The van der Waals surface area contributed by atoms with Gasteiger partial charge in [-0.2, -0.15) is 0 Å². The van der Waals surface area contributed by atoms with Gasteiger partial charge in [-0.1, -0.05) is 35.5 Å². The van der Waals surface area contributed by atoms with Gasteiger partial charge < -0.3 is 10.2 Å². The van der Waals surface area contributed by atoms with Crippen LogP contribution in [0.3, 0.4) is 0 Å². The second-order valence-electron chi connectivity index (χ2n) is 4.77. The number of fused-ring (bicyclic) bond motifs is 1. The maximum Gasteiger partial charge on any atom is 0.345 e. The van der Waals surface area contributed by atoms with E-state index in [9.17, 15) is 4.79 Å². The standard InChI is InChI=1S/C14H14N4O2/c19-14-15-6-11-8-18(7-10-4-2-1-3-5-10)9-12(17-20)13(11)16-14/h1-6,20H,7-9H2,(H,15,16,19)/b17-12-. The number of oxime groups is 1. The molecule has 0 spiro atoms. The van der Waals surface area contributed by atoms with Crippen molar-refractivity contribution in [3.63, 3.8) is 0 Å². The summed E-state index contributed by atoms with van der Waals surface area (Å²) in [6.45, 7) is 1.89. The van der Waals surface area contributed by atoms with Crippen LogP contribution in [0.2, 0.25) is 0 Å². The Kier molecular flexibility index (Phi) is 3.30. The van der Waals surface area contributed by atoms with E-state index in [0.29, 0.717) is 24.5 Å². The van der Waals surface area contributed by atoms with E-state index >= 15 is 0 Å². The molecule has 0 saturated carbocycles. The summed E-state index contributed by atoms with van der Waals surface area (Å²) < 4.78 is 0. The van der Waals surface area contributed by atoms with E-state index < -0.39 is 5.69 Å². The van der Waals surface area contributed by atoms with Crippen molar-refractivity contribution in [1.82, 2.24) is 14.9 Å². The third-order valence-electron chi connectivity index (χ3n) is 3.32. The monoisotopic (exact) mass is 270 g/mol. The largest absolute Gasteiger partial charge is 0.411 e. The fourth-order valence-corrected chi connectivity index (χ4v) is 2.42. The maximum absolute atomic E-state index is 11.3. The number of aromatic nitrogens is 2. The topological polar surface area (TPSA) is 81.6 Å². The maximum atomic E-state index is 11.3. The molecule has 20 heavy (non-hydrogen) atoms. The third-order valence-corrected chi connectivity index (χ3v) is 3.32. The molecule has 102 valence electrons. The van der Waals surface area contributed by atoms with Crippen LogP contribution in [0, 0.1) is 0 Å². The number of benzene rings is 1. The average molecular weight is 270 g/mol. The summed E-state index contributed by atoms with van der Waals surface area (Å²) in [7, 11) is 0. The fraction of sp³-hybridized carbons (Fsp3) is 0.214.